The van der Waals surface area contributed by atoms with Crippen molar-refractivity contribution in [2.45, 2.75) is 25.2 Å². The van der Waals surface area contributed by atoms with Gasteiger partial charge in [0.05, 0.1) is 20.6 Å². The van der Waals surface area contributed by atoms with Gasteiger partial charge in [0.25, 0.3) is 5.91 Å². The summed E-state index contributed by atoms with van der Waals surface area (Å²) in [6.45, 7) is 3.29. The van der Waals surface area contributed by atoms with Crippen LogP contribution in [-0.2, 0) is 20.7 Å². The molecule has 0 saturated heterocycles. The number of benzene rings is 2. The smallest absolute Gasteiger partial charge is 0.310 e. The van der Waals surface area contributed by atoms with Crippen molar-refractivity contribution in [1.29, 1.82) is 5.26 Å². The van der Waals surface area contributed by atoms with Gasteiger partial charge in [0.1, 0.15) is 5.40 Å². The molecule has 0 spiro atoms. The molecular formula is C21H22N2O5S. The highest BCUT2D eigenvalue weighted by Crippen LogP contribution is 2.28. The third-order valence-electron chi connectivity index (χ3n) is 4.09. The highest BCUT2D eigenvalue weighted by molar-refractivity contribution is 8.03. The molecule has 0 bridgehead atoms. The Morgan fingerprint density at radius 2 is 1.72 bits per heavy atom. The van der Waals surface area contributed by atoms with Gasteiger partial charge in [-0.2, -0.15) is 5.26 Å². The summed E-state index contributed by atoms with van der Waals surface area (Å²) in [5.41, 5.74) is 2.99. The van der Waals surface area contributed by atoms with Crippen molar-refractivity contribution in [3.8, 4) is 16.9 Å². The van der Waals surface area contributed by atoms with Gasteiger partial charge in [-0.3, -0.25) is 9.59 Å². The summed E-state index contributed by atoms with van der Waals surface area (Å²) in [4.78, 5) is 25.1. The van der Waals surface area contributed by atoms with Crippen LogP contribution in [0.15, 0.2) is 35.2 Å². The molecule has 0 saturated carbocycles. The average molecular weight is 414 g/mol. The molecule has 2 aromatic rings. The van der Waals surface area contributed by atoms with E-state index < -0.39 is 11.9 Å². The lowest BCUT2D eigenvalue weighted by Gasteiger charge is -2.13. The molecule has 0 aromatic heterocycles. The molecule has 2 aromatic carbocycles. The van der Waals surface area contributed by atoms with Crippen molar-refractivity contribution < 1.29 is 23.8 Å². The fourth-order valence-electron chi connectivity index (χ4n) is 2.76. The summed E-state index contributed by atoms with van der Waals surface area (Å²) in [6, 6.07) is 8.76. The second-order valence-electron chi connectivity index (χ2n) is 6.20. The van der Waals surface area contributed by atoms with Crippen LogP contribution in [0.4, 0.5) is 5.69 Å². The molecule has 7 nitrogen and oxygen atoms in total. The van der Waals surface area contributed by atoms with Gasteiger partial charge in [0, 0.05) is 10.6 Å². The van der Waals surface area contributed by atoms with Gasteiger partial charge in [-0.1, -0.05) is 6.07 Å². The van der Waals surface area contributed by atoms with Crippen molar-refractivity contribution in [1.82, 2.24) is 0 Å². The number of hydrogen-bond acceptors (Lipinski definition) is 7. The van der Waals surface area contributed by atoms with Crippen molar-refractivity contribution >= 4 is 29.3 Å². The number of ether oxygens (including phenoxy) is 3. The van der Waals surface area contributed by atoms with Gasteiger partial charge >= 0.3 is 5.97 Å². The van der Waals surface area contributed by atoms with Crippen molar-refractivity contribution in [2.24, 2.45) is 0 Å². The summed E-state index contributed by atoms with van der Waals surface area (Å²) in [5, 5.41) is 13.6. The first-order valence-electron chi connectivity index (χ1n) is 8.71. The number of anilines is 1. The molecule has 1 amide bonds. The number of hydrogen-bond donors (Lipinski definition) is 1. The Morgan fingerprint density at radius 1 is 1.07 bits per heavy atom. The second-order valence-corrected chi connectivity index (χ2v) is 7.06. The van der Waals surface area contributed by atoms with Crippen LogP contribution in [0, 0.1) is 24.5 Å². The number of carbonyl (C=O) groups is 2. The molecular weight excluding hydrogens is 392 g/mol. The lowest BCUT2D eigenvalue weighted by Crippen LogP contribution is -2.22. The van der Waals surface area contributed by atoms with Crippen LogP contribution in [0.3, 0.4) is 0 Å². The van der Waals surface area contributed by atoms with Crippen LogP contribution in [-0.4, -0.2) is 32.7 Å². The molecule has 2 rings (SSSR count). The van der Waals surface area contributed by atoms with E-state index in [1.54, 1.807) is 18.2 Å². The third-order valence-corrected chi connectivity index (χ3v) is 4.66. The SMILES string of the molecule is COc1ccc(CC(=O)OCC(=O)Nc2c(C)cc(SC#N)cc2C)cc1OC. The summed E-state index contributed by atoms with van der Waals surface area (Å²) in [5.74, 6) is 0.118. The van der Waals surface area contributed by atoms with Gasteiger partial charge in [-0.05, 0) is 66.6 Å². The maximum absolute atomic E-state index is 12.2. The largest absolute Gasteiger partial charge is 0.493 e. The van der Waals surface area contributed by atoms with Crippen LogP contribution >= 0.6 is 11.8 Å². The molecule has 0 fully saturated rings. The number of nitrogens with one attached hydrogen (secondary N) is 1. The first-order chi connectivity index (χ1) is 13.9. The van der Waals surface area contributed by atoms with E-state index >= 15 is 0 Å². The Hall–Kier alpha value is -3.18. The number of amides is 1. The highest BCUT2D eigenvalue weighted by Gasteiger charge is 2.13. The number of carbonyl (C=O) groups excluding carboxylic acids is 2. The molecule has 0 heterocycles. The minimum atomic E-state index is -0.526. The maximum Gasteiger partial charge on any atom is 0.310 e. The normalized spacial score (nSPS) is 10.0. The monoisotopic (exact) mass is 414 g/mol. The number of rotatable bonds is 8. The number of esters is 1. The van der Waals surface area contributed by atoms with Crippen LogP contribution in [0.1, 0.15) is 16.7 Å². The van der Waals surface area contributed by atoms with E-state index in [1.807, 2.05) is 31.4 Å². The van der Waals surface area contributed by atoms with E-state index in [0.29, 0.717) is 22.7 Å². The lowest BCUT2D eigenvalue weighted by atomic mass is 10.1. The molecule has 8 heteroatoms. The Morgan fingerprint density at radius 3 is 2.31 bits per heavy atom. The van der Waals surface area contributed by atoms with E-state index in [-0.39, 0.29) is 13.0 Å². The summed E-state index contributed by atoms with van der Waals surface area (Å²) in [6.07, 6.45) is 0.00572. The Bertz CT molecular complexity index is 930. The molecule has 152 valence electrons. The zero-order valence-electron chi connectivity index (χ0n) is 16.7. The van der Waals surface area contributed by atoms with Gasteiger partial charge in [0.15, 0.2) is 18.1 Å². The molecule has 0 aliphatic carbocycles. The number of thiocyanates is 1. The van der Waals surface area contributed by atoms with Crippen LogP contribution < -0.4 is 14.8 Å². The number of methoxy groups -OCH3 is 2. The Labute approximate surface area is 174 Å². The standard InChI is InChI=1S/C21H22N2O5S/c1-13-7-16(29-12-22)8-14(2)21(13)23-19(24)11-28-20(25)10-15-5-6-17(26-3)18(9-15)27-4/h5-9H,10-11H2,1-4H3,(H,23,24). The molecule has 1 N–H and O–H groups in total. The predicted molar refractivity (Wildman–Crippen MR) is 110 cm³/mol. The van der Waals surface area contributed by atoms with Gasteiger partial charge < -0.3 is 19.5 Å². The zero-order valence-corrected chi connectivity index (χ0v) is 17.5. The fraction of sp³-hybridized carbons (Fsp3) is 0.286. The summed E-state index contributed by atoms with van der Waals surface area (Å²) >= 11 is 1.06. The maximum atomic E-state index is 12.2. The molecule has 0 atom stereocenters. The van der Waals surface area contributed by atoms with E-state index in [4.69, 9.17) is 19.5 Å². The molecule has 0 radical (unpaired) electrons. The summed E-state index contributed by atoms with van der Waals surface area (Å²) < 4.78 is 15.5. The molecule has 29 heavy (non-hydrogen) atoms. The lowest BCUT2D eigenvalue weighted by molar-refractivity contribution is -0.146. The van der Waals surface area contributed by atoms with E-state index in [2.05, 4.69) is 5.32 Å². The van der Waals surface area contributed by atoms with Crippen LogP contribution in [0.2, 0.25) is 0 Å². The quantitative estimate of drug-likeness (QED) is 0.400. The van der Waals surface area contributed by atoms with Crippen molar-refractivity contribution in [2.75, 3.05) is 26.1 Å². The van der Waals surface area contributed by atoms with E-state index in [1.165, 1.54) is 14.2 Å². The van der Waals surface area contributed by atoms with Gasteiger partial charge in [-0.15, -0.1) is 0 Å². The number of nitriles is 1. The van der Waals surface area contributed by atoms with Gasteiger partial charge in [0.2, 0.25) is 0 Å². The van der Waals surface area contributed by atoms with Crippen LogP contribution in [0.5, 0.6) is 11.5 Å². The van der Waals surface area contributed by atoms with Crippen LogP contribution in [0.25, 0.3) is 0 Å². The number of nitrogens with zero attached hydrogens (tertiary/aromatic N) is 1. The van der Waals surface area contributed by atoms with E-state index in [9.17, 15) is 9.59 Å². The van der Waals surface area contributed by atoms with Crippen molar-refractivity contribution in [3.05, 3.63) is 47.0 Å². The highest BCUT2D eigenvalue weighted by atomic mass is 32.2. The molecule has 0 unspecified atom stereocenters. The fourth-order valence-corrected chi connectivity index (χ4v) is 3.34. The number of thioether (sulfide) groups is 1. The Kier molecular flexibility index (Phi) is 7.92. The second kappa shape index (κ2) is 10.4. The third kappa shape index (κ3) is 6.16. The first kappa shape index (κ1) is 22.1. The predicted octanol–water partition coefficient (Wildman–Crippen LogP) is 3.62. The Balaban J connectivity index is 1.93. The topological polar surface area (TPSA) is 97.6 Å². The minimum absolute atomic E-state index is 0.00572. The average Bonchev–Trinajstić information content (AvgIpc) is 2.69. The first-order valence-corrected chi connectivity index (χ1v) is 9.53. The van der Waals surface area contributed by atoms with Crippen molar-refractivity contribution in [3.63, 3.8) is 0 Å². The zero-order chi connectivity index (χ0) is 21.4. The number of aryl methyl sites for hydroxylation is 2. The summed E-state index contributed by atoms with van der Waals surface area (Å²) in [7, 11) is 3.05. The van der Waals surface area contributed by atoms with Gasteiger partial charge in [-0.25, -0.2) is 0 Å². The molecule has 0 aliphatic rings. The minimum Gasteiger partial charge on any atom is -0.493 e. The van der Waals surface area contributed by atoms with E-state index in [0.717, 1.165) is 27.8 Å². The molecule has 0 aliphatic heterocycles.